The van der Waals surface area contributed by atoms with Crippen LogP contribution in [0.5, 0.6) is 0 Å². The van der Waals surface area contributed by atoms with E-state index in [2.05, 4.69) is 0 Å². The Morgan fingerprint density at radius 3 is 2.38 bits per heavy atom. The van der Waals surface area contributed by atoms with Crippen molar-refractivity contribution in [3.8, 4) is 0 Å². The molecule has 1 atom stereocenters. The summed E-state index contributed by atoms with van der Waals surface area (Å²) in [5.74, 6) is -0.876. The summed E-state index contributed by atoms with van der Waals surface area (Å²) in [5, 5.41) is 0. The van der Waals surface area contributed by atoms with Gasteiger partial charge >= 0.3 is 0 Å². The summed E-state index contributed by atoms with van der Waals surface area (Å²) < 4.78 is 5.30. The van der Waals surface area contributed by atoms with Crippen LogP contribution in [0, 0.1) is 0 Å². The van der Waals surface area contributed by atoms with E-state index in [1.165, 1.54) is 4.90 Å². The highest BCUT2D eigenvalue weighted by atomic mass is 16.5. The number of nitrogens with zero attached hydrogens (tertiary/aromatic N) is 1. The number of amides is 2. The van der Waals surface area contributed by atoms with Crippen LogP contribution in [0.25, 0.3) is 0 Å². The molecule has 0 aromatic carbocycles. The minimum atomic E-state index is -0.860. The Balaban J connectivity index is 3.93. The lowest BCUT2D eigenvalue weighted by Gasteiger charge is -2.21. The van der Waals surface area contributed by atoms with E-state index in [4.69, 9.17) is 16.2 Å². The molecule has 16 heavy (non-hydrogen) atoms. The van der Waals surface area contributed by atoms with Gasteiger partial charge in [0.05, 0.1) is 25.2 Å². The zero-order valence-corrected chi connectivity index (χ0v) is 10.1. The van der Waals surface area contributed by atoms with Gasteiger partial charge in [-0.15, -0.1) is 0 Å². The van der Waals surface area contributed by atoms with E-state index in [9.17, 15) is 9.59 Å². The lowest BCUT2D eigenvalue weighted by molar-refractivity contribution is -0.134. The van der Waals surface area contributed by atoms with Crippen molar-refractivity contribution in [2.24, 2.45) is 11.5 Å². The van der Waals surface area contributed by atoms with E-state index in [-0.39, 0.29) is 18.4 Å². The Hall–Kier alpha value is -1.14. The normalized spacial score (nSPS) is 12.6. The number of ether oxygens (including phenoxy) is 1. The first-order valence-electron chi connectivity index (χ1n) is 5.25. The van der Waals surface area contributed by atoms with Crippen molar-refractivity contribution in [2.75, 3.05) is 20.2 Å². The second-order valence-electron chi connectivity index (χ2n) is 3.96. The third kappa shape index (κ3) is 6.36. The summed E-state index contributed by atoms with van der Waals surface area (Å²) >= 11 is 0. The smallest absolute Gasteiger partial charge is 0.239 e. The zero-order valence-electron chi connectivity index (χ0n) is 10.1. The largest absolute Gasteiger partial charge is 0.377 e. The number of hydrogen-bond acceptors (Lipinski definition) is 4. The van der Waals surface area contributed by atoms with Crippen LogP contribution >= 0.6 is 0 Å². The molecule has 0 aliphatic rings. The molecule has 0 saturated carbocycles. The highest BCUT2D eigenvalue weighted by molar-refractivity contribution is 5.87. The van der Waals surface area contributed by atoms with E-state index in [0.29, 0.717) is 13.2 Å². The number of likely N-dealkylation sites (N-methyl/N-ethyl adjacent to an activating group) is 1. The molecule has 0 bridgehead atoms. The van der Waals surface area contributed by atoms with Crippen molar-refractivity contribution >= 4 is 11.8 Å². The Kier molecular flexibility index (Phi) is 6.67. The summed E-state index contributed by atoms with van der Waals surface area (Å²) in [6.07, 6.45) is -0.00315. The number of carbonyl (C=O) groups excluding carboxylic acids is 2. The van der Waals surface area contributed by atoms with Crippen LogP contribution in [0.15, 0.2) is 0 Å². The predicted octanol–water partition coefficient (Wildman–Crippen LogP) is -0.927. The lowest BCUT2D eigenvalue weighted by atomic mass is 10.2. The molecule has 0 saturated heterocycles. The fourth-order valence-corrected chi connectivity index (χ4v) is 1.12. The van der Waals surface area contributed by atoms with Crippen LogP contribution in [0.3, 0.4) is 0 Å². The molecule has 0 aromatic rings. The van der Waals surface area contributed by atoms with Gasteiger partial charge in [0.2, 0.25) is 11.8 Å². The monoisotopic (exact) mass is 231 g/mol. The number of nitrogens with two attached hydrogens (primary N) is 2. The number of primary amides is 1. The van der Waals surface area contributed by atoms with E-state index < -0.39 is 11.9 Å². The van der Waals surface area contributed by atoms with Crippen LogP contribution in [0.2, 0.25) is 0 Å². The fraction of sp³-hybridized carbons (Fsp3) is 0.800. The van der Waals surface area contributed by atoms with Gasteiger partial charge in [-0.2, -0.15) is 0 Å². The molecule has 0 rings (SSSR count). The maximum atomic E-state index is 11.6. The molecule has 0 aliphatic heterocycles. The SMILES string of the molecule is CC(C)OCCN(C)C(=O)C(N)CC(N)=O. The van der Waals surface area contributed by atoms with Crippen LogP contribution in [-0.2, 0) is 14.3 Å². The predicted molar refractivity (Wildman–Crippen MR) is 60.5 cm³/mol. The second-order valence-corrected chi connectivity index (χ2v) is 3.96. The Morgan fingerprint density at radius 1 is 1.38 bits per heavy atom. The van der Waals surface area contributed by atoms with Crippen LogP contribution in [0.4, 0.5) is 0 Å². The Labute approximate surface area is 95.9 Å². The summed E-state index contributed by atoms with van der Waals surface area (Å²) in [7, 11) is 1.62. The molecular formula is C10H21N3O3. The van der Waals surface area contributed by atoms with E-state index in [0.717, 1.165) is 0 Å². The van der Waals surface area contributed by atoms with Gasteiger partial charge in [0.15, 0.2) is 0 Å². The number of carbonyl (C=O) groups is 2. The first-order valence-corrected chi connectivity index (χ1v) is 5.25. The standard InChI is InChI=1S/C10H21N3O3/c1-7(2)16-5-4-13(3)10(15)8(11)6-9(12)14/h7-8H,4-6,11H2,1-3H3,(H2,12,14). The average molecular weight is 231 g/mol. The minimum absolute atomic E-state index is 0.128. The van der Waals surface area contributed by atoms with Crippen LogP contribution in [0.1, 0.15) is 20.3 Å². The van der Waals surface area contributed by atoms with Crippen molar-refractivity contribution in [1.82, 2.24) is 4.90 Å². The van der Waals surface area contributed by atoms with E-state index >= 15 is 0 Å². The summed E-state index contributed by atoms with van der Waals surface area (Å²) in [4.78, 5) is 23.6. The summed E-state index contributed by atoms with van der Waals surface area (Å²) in [6, 6.07) is -0.860. The molecule has 0 aromatic heterocycles. The van der Waals surface area contributed by atoms with Crippen LogP contribution < -0.4 is 11.5 Å². The Bertz CT molecular complexity index is 243. The first kappa shape index (κ1) is 14.9. The van der Waals surface area contributed by atoms with Gasteiger partial charge in [-0.25, -0.2) is 0 Å². The topological polar surface area (TPSA) is 98.7 Å². The summed E-state index contributed by atoms with van der Waals surface area (Å²) in [5.41, 5.74) is 10.5. The fourth-order valence-electron chi connectivity index (χ4n) is 1.12. The van der Waals surface area contributed by atoms with Crippen molar-refractivity contribution < 1.29 is 14.3 Å². The summed E-state index contributed by atoms with van der Waals surface area (Å²) in [6.45, 7) is 4.73. The molecule has 0 fully saturated rings. The molecule has 0 spiro atoms. The zero-order chi connectivity index (χ0) is 12.7. The molecule has 94 valence electrons. The number of hydrogen-bond donors (Lipinski definition) is 2. The van der Waals surface area contributed by atoms with Gasteiger partial charge in [0, 0.05) is 13.6 Å². The molecule has 6 heteroatoms. The Morgan fingerprint density at radius 2 is 1.94 bits per heavy atom. The number of rotatable bonds is 7. The quantitative estimate of drug-likeness (QED) is 0.591. The molecule has 0 radical (unpaired) electrons. The average Bonchev–Trinajstić information content (AvgIpc) is 2.14. The van der Waals surface area contributed by atoms with E-state index in [1.807, 2.05) is 13.8 Å². The molecule has 0 heterocycles. The highest BCUT2D eigenvalue weighted by Gasteiger charge is 2.19. The lowest BCUT2D eigenvalue weighted by Crippen LogP contribution is -2.45. The molecule has 4 N–H and O–H groups in total. The van der Waals surface area contributed by atoms with Gasteiger partial charge in [0.1, 0.15) is 0 Å². The third-order valence-corrected chi connectivity index (χ3v) is 1.99. The van der Waals surface area contributed by atoms with Gasteiger partial charge in [-0.1, -0.05) is 0 Å². The van der Waals surface area contributed by atoms with Gasteiger partial charge < -0.3 is 21.1 Å². The second kappa shape index (κ2) is 7.19. The minimum Gasteiger partial charge on any atom is -0.377 e. The first-order chi connectivity index (χ1) is 7.34. The highest BCUT2D eigenvalue weighted by Crippen LogP contribution is 1.96. The molecule has 1 unspecified atom stereocenters. The van der Waals surface area contributed by atoms with Crippen molar-refractivity contribution in [2.45, 2.75) is 32.4 Å². The van der Waals surface area contributed by atoms with Crippen molar-refractivity contribution in [3.05, 3.63) is 0 Å². The molecular weight excluding hydrogens is 210 g/mol. The van der Waals surface area contributed by atoms with Crippen LogP contribution in [-0.4, -0.2) is 49.1 Å². The maximum absolute atomic E-state index is 11.6. The van der Waals surface area contributed by atoms with E-state index in [1.54, 1.807) is 7.05 Å². The maximum Gasteiger partial charge on any atom is 0.239 e. The van der Waals surface area contributed by atoms with Crippen molar-refractivity contribution in [3.63, 3.8) is 0 Å². The molecule has 6 nitrogen and oxygen atoms in total. The van der Waals surface area contributed by atoms with Crippen molar-refractivity contribution in [1.29, 1.82) is 0 Å². The third-order valence-electron chi connectivity index (χ3n) is 1.99. The molecule has 2 amide bonds. The molecule has 0 aliphatic carbocycles. The van der Waals surface area contributed by atoms with Gasteiger partial charge in [-0.05, 0) is 13.8 Å². The van der Waals surface area contributed by atoms with Gasteiger partial charge in [0.25, 0.3) is 0 Å². The van der Waals surface area contributed by atoms with Gasteiger partial charge in [-0.3, -0.25) is 9.59 Å².